The van der Waals surface area contributed by atoms with Gasteiger partial charge in [-0.25, -0.2) is 4.98 Å². The van der Waals surface area contributed by atoms with Gasteiger partial charge in [0.25, 0.3) is 5.56 Å². The van der Waals surface area contributed by atoms with Gasteiger partial charge < -0.3 is 16.0 Å². The fraction of sp³-hybridized carbons (Fsp3) is 0.375. The van der Waals surface area contributed by atoms with Crippen LogP contribution in [0.25, 0.3) is 0 Å². The summed E-state index contributed by atoms with van der Waals surface area (Å²) in [4.78, 5) is 33.2. The van der Waals surface area contributed by atoms with Gasteiger partial charge in [-0.1, -0.05) is 29.8 Å². The van der Waals surface area contributed by atoms with Crippen LogP contribution in [0.5, 0.6) is 0 Å². The number of thiophene rings is 1. The smallest absolute Gasteiger partial charge is 0.277 e. The van der Waals surface area contributed by atoms with E-state index in [1.54, 1.807) is 22.1 Å². The van der Waals surface area contributed by atoms with E-state index in [0.717, 1.165) is 23.5 Å². The lowest BCUT2D eigenvalue weighted by Crippen LogP contribution is -2.36. The third-order valence-corrected chi connectivity index (χ3v) is 7.40. The van der Waals surface area contributed by atoms with Gasteiger partial charge in [-0.05, 0) is 37.5 Å². The molecule has 0 saturated carbocycles. The third kappa shape index (κ3) is 3.96. The molecule has 0 bridgehead atoms. The molecule has 32 heavy (non-hydrogen) atoms. The summed E-state index contributed by atoms with van der Waals surface area (Å²) >= 11 is 1.74. The van der Waals surface area contributed by atoms with E-state index in [-0.39, 0.29) is 17.5 Å². The van der Waals surface area contributed by atoms with Gasteiger partial charge >= 0.3 is 0 Å². The average Bonchev–Trinajstić information content (AvgIpc) is 3.49. The number of amides is 1. The molecule has 7 nitrogen and oxygen atoms in total. The van der Waals surface area contributed by atoms with Crippen LogP contribution >= 0.6 is 11.3 Å². The molecule has 2 aromatic heterocycles. The van der Waals surface area contributed by atoms with Crippen LogP contribution in [-0.2, 0) is 30.8 Å². The zero-order chi connectivity index (χ0) is 22.2. The summed E-state index contributed by atoms with van der Waals surface area (Å²) in [6, 6.07) is 9.78. The average molecular weight is 450 g/mol. The van der Waals surface area contributed by atoms with Crippen molar-refractivity contribution in [1.29, 1.82) is 0 Å². The first-order chi connectivity index (χ1) is 15.5. The van der Waals surface area contributed by atoms with Crippen molar-refractivity contribution in [2.75, 3.05) is 5.32 Å². The predicted molar refractivity (Wildman–Crippen MR) is 126 cm³/mol. The van der Waals surface area contributed by atoms with E-state index >= 15 is 0 Å². The van der Waals surface area contributed by atoms with Crippen molar-refractivity contribution in [3.63, 3.8) is 0 Å². The second-order valence-corrected chi connectivity index (χ2v) is 9.80. The molecule has 2 aliphatic heterocycles. The zero-order valence-electron chi connectivity index (χ0n) is 18.3. The monoisotopic (exact) mass is 449 g/mol. The third-order valence-electron chi connectivity index (χ3n) is 6.23. The highest BCUT2D eigenvalue weighted by atomic mass is 32.1. The molecular weight excluding hydrogens is 422 g/mol. The largest absolute Gasteiger partial charge is 0.373 e. The summed E-state index contributed by atoms with van der Waals surface area (Å²) < 4.78 is 1.57. The van der Waals surface area contributed by atoms with Crippen LogP contribution in [0.2, 0.25) is 0 Å². The number of benzene rings is 1. The topological polar surface area (TPSA) is 88.0 Å². The molecule has 0 spiro atoms. The Morgan fingerprint density at radius 3 is 3.03 bits per heavy atom. The maximum absolute atomic E-state index is 13.3. The number of fused-ring (bicyclic) bond motifs is 2. The van der Waals surface area contributed by atoms with E-state index < -0.39 is 6.04 Å². The molecule has 3 N–H and O–H groups in total. The molecule has 2 aliphatic rings. The molecule has 0 fully saturated rings. The minimum atomic E-state index is -0.519. The van der Waals surface area contributed by atoms with Crippen molar-refractivity contribution in [3.8, 4) is 0 Å². The van der Waals surface area contributed by atoms with Crippen LogP contribution in [0.3, 0.4) is 0 Å². The summed E-state index contributed by atoms with van der Waals surface area (Å²) in [5.74, 6) is 0.549. The quantitative estimate of drug-likeness (QED) is 0.538. The molecule has 0 saturated heterocycles. The minimum absolute atomic E-state index is 0.0491. The van der Waals surface area contributed by atoms with Gasteiger partial charge in [-0.3, -0.25) is 14.2 Å². The van der Waals surface area contributed by atoms with Crippen LogP contribution in [0.4, 0.5) is 5.69 Å². The number of nitrogens with one attached hydrogen (secondary N) is 3. The standard InChI is InChI=1S/C24H27N5O2S/c1-14-4-3-5-16(8-14)15(2)28-19-12-26-22-7-6-20(29(22)24(19)31)23(30)27-11-18-9-17-10-25-13-21(17)32-18/h3-5,8-9,12,15,20,25,28H,6-7,10-11,13H2,1-2H3,(H,27,30). The molecule has 1 amide bonds. The first-order valence-electron chi connectivity index (χ1n) is 11.0. The summed E-state index contributed by atoms with van der Waals surface area (Å²) in [6.45, 7) is 6.36. The Bertz CT molecular complexity index is 1210. The second-order valence-electron chi connectivity index (χ2n) is 8.58. The van der Waals surface area contributed by atoms with Gasteiger partial charge in [0.2, 0.25) is 5.91 Å². The Hall–Kier alpha value is -2.97. The number of carbonyl (C=O) groups is 1. The lowest BCUT2D eigenvalue weighted by atomic mass is 10.1. The van der Waals surface area contributed by atoms with Crippen molar-refractivity contribution in [2.24, 2.45) is 0 Å². The van der Waals surface area contributed by atoms with Crippen molar-refractivity contribution in [2.45, 2.75) is 58.4 Å². The normalized spacial score (nSPS) is 17.6. The number of carbonyl (C=O) groups excluding carboxylic acids is 1. The Labute approximate surface area is 190 Å². The molecule has 5 rings (SSSR count). The van der Waals surface area contributed by atoms with Crippen molar-refractivity contribution in [3.05, 3.63) is 79.2 Å². The van der Waals surface area contributed by atoms with Gasteiger partial charge in [-0.2, -0.15) is 0 Å². The molecule has 2 atom stereocenters. The zero-order valence-corrected chi connectivity index (χ0v) is 19.1. The number of anilines is 1. The molecule has 166 valence electrons. The first-order valence-corrected chi connectivity index (χ1v) is 11.8. The molecule has 8 heteroatoms. The summed E-state index contributed by atoms with van der Waals surface area (Å²) in [6.07, 6.45) is 2.82. The van der Waals surface area contributed by atoms with Gasteiger partial charge in [0.1, 0.15) is 17.6 Å². The number of rotatable bonds is 6. The van der Waals surface area contributed by atoms with Crippen LogP contribution in [0.15, 0.2) is 41.3 Å². The predicted octanol–water partition coefficient (Wildman–Crippen LogP) is 3.19. The number of aromatic nitrogens is 2. The van der Waals surface area contributed by atoms with Crippen LogP contribution in [0.1, 0.15) is 57.7 Å². The van der Waals surface area contributed by atoms with Crippen molar-refractivity contribution < 1.29 is 4.79 Å². The Morgan fingerprint density at radius 1 is 1.34 bits per heavy atom. The van der Waals surface area contributed by atoms with Crippen LogP contribution in [-0.4, -0.2) is 15.5 Å². The Balaban J connectivity index is 1.31. The van der Waals surface area contributed by atoms with E-state index in [0.29, 0.717) is 30.9 Å². The van der Waals surface area contributed by atoms with Gasteiger partial charge in [0.05, 0.1) is 12.7 Å². The lowest BCUT2D eigenvalue weighted by Gasteiger charge is -2.18. The number of hydrogen-bond donors (Lipinski definition) is 3. The van der Waals surface area contributed by atoms with Crippen molar-refractivity contribution in [1.82, 2.24) is 20.2 Å². The van der Waals surface area contributed by atoms with E-state index in [9.17, 15) is 9.59 Å². The Kier molecular flexibility index (Phi) is 5.57. The van der Waals surface area contributed by atoms with Gasteiger partial charge in [0.15, 0.2) is 0 Å². The number of nitrogens with zero attached hydrogens (tertiary/aromatic N) is 2. The molecule has 1 aromatic carbocycles. The first kappa shape index (κ1) is 20.9. The maximum Gasteiger partial charge on any atom is 0.277 e. The molecular formula is C24H27N5O2S. The van der Waals surface area contributed by atoms with E-state index in [4.69, 9.17) is 0 Å². The minimum Gasteiger partial charge on any atom is -0.373 e. The number of aryl methyl sites for hydroxylation is 2. The van der Waals surface area contributed by atoms with Crippen molar-refractivity contribution >= 4 is 22.9 Å². The van der Waals surface area contributed by atoms with E-state index in [1.165, 1.54) is 16.0 Å². The lowest BCUT2D eigenvalue weighted by molar-refractivity contribution is -0.124. The molecule has 0 aliphatic carbocycles. The molecule has 2 unspecified atom stereocenters. The van der Waals surface area contributed by atoms with Gasteiger partial charge in [-0.15, -0.1) is 11.3 Å². The fourth-order valence-corrected chi connectivity index (χ4v) is 5.62. The number of hydrogen-bond acceptors (Lipinski definition) is 6. The molecule has 0 radical (unpaired) electrons. The Morgan fingerprint density at radius 2 is 2.22 bits per heavy atom. The summed E-state index contributed by atoms with van der Waals surface area (Å²) in [7, 11) is 0. The highest BCUT2D eigenvalue weighted by Crippen LogP contribution is 2.27. The highest BCUT2D eigenvalue weighted by molar-refractivity contribution is 7.12. The van der Waals surface area contributed by atoms with E-state index in [2.05, 4.69) is 33.1 Å². The summed E-state index contributed by atoms with van der Waals surface area (Å²) in [5, 5.41) is 9.65. The fourth-order valence-electron chi connectivity index (χ4n) is 4.53. The van der Waals surface area contributed by atoms with Gasteiger partial charge in [0, 0.05) is 35.3 Å². The summed E-state index contributed by atoms with van der Waals surface area (Å²) in [5.41, 5.74) is 3.83. The maximum atomic E-state index is 13.3. The van der Waals surface area contributed by atoms with E-state index in [1.807, 2.05) is 32.0 Å². The second kappa shape index (κ2) is 8.52. The molecule has 4 heterocycles. The van der Waals surface area contributed by atoms with Crippen LogP contribution < -0.4 is 21.5 Å². The molecule has 3 aromatic rings. The SMILES string of the molecule is Cc1cccc(C(C)Nc2cnc3n(c2=O)C(C(=O)NCc2cc4c(s2)CNC4)CC3)c1. The van der Waals surface area contributed by atoms with Crippen LogP contribution in [0, 0.1) is 6.92 Å². The highest BCUT2D eigenvalue weighted by Gasteiger charge is 2.31.